The van der Waals surface area contributed by atoms with Gasteiger partial charge in [0.2, 0.25) is 0 Å². The zero-order valence-electron chi connectivity index (χ0n) is 15.6. The van der Waals surface area contributed by atoms with Crippen LogP contribution in [0.5, 0.6) is 0 Å². The smallest absolute Gasteiger partial charge is 0.301 e. The second-order valence-corrected chi connectivity index (χ2v) is 9.81. The number of benzene rings is 1. The number of nitrogens with zero attached hydrogens (tertiary/aromatic N) is 1. The molecule has 4 fully saturated rings. The average molecular weight is 420 g/mol. The van der Waals surface area contributed by atoms with Crippen molar-refractivity contribution in [2.24, 2.45) is 10.8 Å². The maximum atomic E-state index is 13.8. The van der Waals surface area contributed by atoms with Crippen molar-refractivity contribution in [1.29, 1.82) is 0 Å². The molecule has 4 bridgehead atoms. The van der Waals surface area contributed by atoms with Gasteiger partial charge in [-0.15, -0.1) is 0 Å². The van der Waals surface area contributed by atoms with Crippen molar-refractivity contribution in [3.8, 4) is 0 Å². The lowest BCUT2D eigenvalue weighted by molar-refractivity contribution is -1.20. The summed E-state index contributed by atoms with van der Waals surface area (Å²) in [7, 11) is 0. The highest BCUT2D eigenvalue weighted by Gasteiger charge is 2.79. The van der Waals surface area contributed by atoms with E-state index in [-0.39, 0.29) is 16.7 Å². The Balaban J connectivity index is 1.74. The van der Waals surface area contributed by atoms with Crippen LogP contribution >= 0.6 is 15.9 Å². The Labute approximate surface area is 162 Å². The second kappa shape index (κ2) is 4.97. The number of nitrogens with one attached hydrogen (secondary N) is 2. The number of rotatable bonds is 2. The lowest BCUT2D eigenvalue weighted by Crippen LogP contribution is -3.48. The summed E-state index contributed by atoms with van der Waals surface area (Å²) in [6, 6.07) is 6.25. The number of carbonyl (C=O) groups excluding carboxylic acids is 2. The summed E-state index contributed by atoms with van der Waals surface area (Å²) in [6.07, 6.45) is 0.877. The quantitative estimate of drug-likeness (QED) is 0.694. The fourth-order valence-electron chi connectivity index (χ4n) is 6.63. The second-order valence-electron chi connectivity index (χ2n) is 8.90. The Kier molecular flexibility index (Phi) is 3.23. The maximum Gasteiger partial charge on any atom is 0.353 e. The van der Waals surface area contributed by atoms with Gasteiger partial charge in [-0.3, -0.25) is 19.4 Å². The molecule has 5 aliphatic heterocycles. The Morgan fingerprint density at radius 3 is 2.35 bits per heavy atom. The van der Waals surface area contributed by atoms with Crippen LogP contribution < -0.4 is 14.7 Å². The number of amides is 1. The van der Waals surface area contributed by atoms with Crippen molar-refractivity contribution in [2.75, 3.05) is 37.6 Å². The molecular weight excluding hydrogens is 394 g/mol. The van der Waals surface area contributed by atoms with Gasteiger partial charge in [-0.2, -0.15) is 0 Å². The van der Waals surface area contributed by atoms with Crippen LogP contribution in [0, 0.1) is 10.8 Å². The van der Waals surface area contributed by atoms with Crippen molar-refractivity contribution >= 4 is 33.3 Å². The van der Waals surface area contributed by atoms with E-state index in [0.29, 0.717) is 12.3 Å². The van der Waals surface area contributed by atoms with Crippen LogP contribution in [-0.4, -0.2) is 44.4 Å². The first-order chi connectivity index (χ1) is 12.3. The topological polar surface area (TPSA) is 46.3 Å². The number of fused-ring (bicyclic) bond motifs is 1. The molecule has 1 aromatic carbocycles. The normalized spacial score (nSPS) is 42.8. The number of hydrogen-bond acceptors (Lipinski definition) is 2. The first kappa shape index (κ1) is 16.9. The summed E-state index contributed by atoms with van der Waals surface area (Å²) >= 11 is 3.62. The summed E-state index contributed by atoms with van der Waals surface area (Å²) < 4.78 is 1.02. The molecule has 0 aliphatic carbocycles. The molecule has 1 aromatic rings. The third-order valence-electron chi connectivity index (χ3n) is 7.61. The van der Waals surface area contributed by atoms with Gasteiger partial charge in [0, 0.05) is 11.0 Å². The van der Waals surface area contributed by atoms with Gasteiger partial charge in [-0.25, -0.2) is 0 Å². The third kappa shape index (κ3) is 1.65. The van der Waals surface area contributed by atoms with Crippen LogP contribution in [0.1, 0.15) is 32.8 Å². The highest BCUT2D eigenvalue weighted by molar-refractivity contribution is 9.10. The van der Waals surface area contributed by atoms with Crippen molar-refractivity contribution in [3.63, 3.8) is 0 Å². The van der Waals surface area contributed by atoms with E-state index in [9.17, 15) is 9.59 Å². The van der Waals surface area contributed by atoms with Gasteiger partial charge >= 0.3 is 11.6 Å². The fraction of sp³-hybridized carbons (Fsp3) is 0.600. The third-order valence-corrected chi connectivity index (χ3v) is 8.11. The van der Waals surface area contributed by atoms with E-state index in [1.165, 1.54) is 9.80 Å². The molecule has 5 heterocycles. The van der Waals surface area contributed by atoms with E-state index in [2.05, 4.69) is 41.9 Å². The lowest BCUT2D eigenvalue weighted by Gasteiger charge is -2.62. The molecule has 6 rings (SSSR count). The number of hydrogen-bond donors (Lipinski definition) is 2. The van der Waals surface area contributed by atoms with Crippen LogP contribution in [0.15, 0.2) is 22.7 Å². The molecule has 4 saturated heterocycles. The summed E-state index contributed by atoms with van der Waals surface area (Å²) in [5.74, 6) is 0.668. The summed E-state index contributed by atoms with van der Waals surface area (Å²) in [5.41, 5.74) is 1.07. The Hall–Kier alpha value is -1.24. The number of likely N-dealkylation sites (N-methyl/N-ethyl adjacent to an activating group) is 1. The van der Waals surface area contributed by atoms with Crippen LogP contribution in [0.3, 0.4) is 0 Å². The zero-order valence-corrected chi connectivity index (χ0v) is 17.2. The minimum atomic E-state index is -0.575. The van der Waals surface area contributed by atoms with Gasteiger partial charge in [0.05, 0.1) is 5.69 Å². The van der Waals surface area contributed by atoms with Gasteiger partial charge in [-0.1, -0.05) is 22.9 Å². The largest absolute Gasteiger partial charge is 0.353 e. The first-order valence-corrected chi connectivity index (χ1v) is 10.5. The van der Waals surface area contributed by atoms with E-state index >= 15 is 0 Å². The van der Waals surface area contributed by atoms with Crippen LogP contribution in [-0.2, 0) is 15.3 Å². The highest BCUT2D eigenvalue weighted by atomic mass is 79.9. The number of piperidine rings is 2. The van der Waals surface area contributed by atoms with Crippen LogP contribution in [0.2, 0.25) is 0 Å². The SMILES string of the molecule is CCN1C(=O)C2(c3cc(Br)ccc31)[NH+]1CC3(C)C[NH+]2CC(CC)(C1)C3=O. The average Bonchev–Trinajstić information content (AvgIpc) is 2.84. The van der Waals surface area contributed by atoms with Gasteiger partial charge in [0.25, 0.3) is 0 Å². The molecule has 5 aliphatic rings. The molecule has 6 heteroatoms. The Morgan fingerprint density at radius 1 is 1.12 bits per heavy atom. The van der Waals surface area contributed by atoms with Crippen molar-refractivity contribution < 1.29 is 19.4 Å². The van der Waals surface area contributed by atoms with E-state index in [0.717, 1.165) is 48.3 Å². The predicted molar refractivity (Wildman–Crippen MR) is 101 cm³/mol. The molecule has 0 aromatic heterocycles. The van der Waals surface area contributed by atoms with E-state index in [1.54, 1.807) is 0 Å². The first-order valence-electron chi connectivity index (χ1n) is 9.69. The lowest BCUT2D eigenvalue weighted by atomic mass is 9.58. The molecule has 1 spiro atoms. The molecule has 2 unspecified atom stereocenters. The molecule has 2 N–H and O–H groups in total. The summed E-state index contributed by atoms with van der Waals surface area (Å²) in [5, 5.41) is 0. The van der Waals surface area contributed by atoms with Crippen LogP contribution in [0.25, 0.3) is 0 Å². The van der Waals surface area contributed by atoms with E-state index in [1.807, 2.05) is 17.9 Å². The Morgan fingerprint density at radius 2 is 1.77 bits per heavy atom. The predicted octanol–water partition coefficient (Wildman–Crippen LogP) is -0.249. The maximum absolute atomic E-state index is 13.8. The number of carbonyl (C=O) groups is 2. The number of ketones is 1. The fourth-order valence-corrected chi connectivity index (χ4v) is 6.99. The highest BCUT2D eigenvalue weighted by Crippen LogP contribution is 2.44. The van der Waals surface area contributed by atoms with E-state index in [4.69, 9.17) is 0 Å². The molecule has 26 heavy (non-hydrogen) atoms. The Bertz CT molecular complexity index is 835. The summed E-state index contributed by atoms with van der Waals surface area (Å²) in [4.78, 5) is 31.6. The minimum absolute atomic E-state index is 0.221. The van der Waals surface area contributed by atoms with Crippen molar-refractivity contribution in [3.05, 3.63) is 28.2 Å². The van der Waals surface area contributed by atoms with Crippen LogP contribution in [0.4, 0.5) is 5.69 Å². The van der Waals surface area contributed by atoms with Gasteiger partial charge in [-0.05, 0) is 38.5 Å². The van der Waals surface area contributed by atoms with Crippen molar-refractivity contribution in [1.82, 2.24) is 0 Å². The molecule has 5 nitrogen and oxygen atoms in total. The number of Topliss-reactive ketones (excluding diaryl/α,β-unsaturated/α-hetero) is 1. The van der Waals surface area contributed by atoms with Crippen molar-refractivity contribution in [2.45, 2.75) is 32.9 Å². The molecular formula is C20H26BrN3O2+2. The molecule has 0 radical (unpaired) electrons. The molecule has 138 valence electrons. The molecule has 1 amide bonds. The monoisotopic (exact) mass is 419 g/mol. The number of halogens is 1. The molecule has 0 saturated carbocycles. The standard InChI is InChI=1S/C20H24BrN3O2/c1-4-19-11-22-9-18(3,16(19)25)10-23(12-19)20(22)14-8-13(21)6-7-15(14)24(5-2)17(20)26/h6-8H,4-5,9-12H2,1-3H3/p+2. The number of anilines is 1. The molecule has 2 atom stereocenters. The zero-order chi connectivity index (χ0) is 18.5. The number of quaternary nitrogens is 2. The van der Waals surface area contributed by atoms with Gasteiger partial charge in [0.1, 0.15) is 42.6 Å². The summed E-state index contributed by atoms with van der Waals surface area (Å²) in [6.45, 7) is 10.1. The van der Waals surface area contributed by atoms with Gasteiger partial charge in [0.15, 0.2) is 5.78 Å². The minimum Gasteiger partial charge on any atom is -0.301 e. The van der Waals surface area contributed by atoms with E-state index < -0.39 is 5.66 Å². The van der Waals surface area contributed by atoms with Gasteiger partial charge < -0.3 is 4.90 Å².